The van der Waals surface area contributed by atoms with Crippen molar-refractivity contribution in [2.24, 2.45) is 0 Å². The first-order valence-corrected chi connectivity index (χ1v) is 7.19. The van der Waals surface area contributed by atoms with Crippen LogP contribution in [0.25, 0.3) is 0 Å². The molecule has 108 valence electrons. The fourth-order valence-electron chi connectivity index (χ4n) is 2.84. The van der Waals surface area contributed by atoms with Crippen molar-refractivity contribution in [3.05, 3.63) is 0 Å². The molecular weight excluding hydrogens is 228 g/mol. The average molecular weight is 258 g/mol. The number of hydrogen-bond acceptors (Lipinski definition) is 4. The molecule has 0 radical (unpaired) electrons. The van der Waals surface area contributed by atoms with Crippen LogP contribution in [-0.2, 0) is 4.74 Å². The number of aliphatic hydroxyl groups excluding tert-OH is 1. The molecule has 1 aliphatic rings. The van der Waals surface area contributed by atoms with E-state index < -0.39 is 0 Å². The molecule has 0 amide bonds. The summed E-state index contributed by atoms with van der Waals surface area (Å²) in [6.07, 6.45) is 1.76. The van der Waals surface area contributed by atoms with Crippen LogP contribution in [0.15, 0.2) is 0 Å². The van der Waals surface area contributed by atoms with E-state index in [4.69, 9.17) is 4.74 Å². The Morgan fingerprint density at radius 1 is 1.28 bits per heavy atom. The minimum Gasteiger partial charge on any atom is -0.394 e. The van der Waals surface area contributed by atoms with Crippen molar-refractivity contribution < 1.29 is 9.84 Å². The standard InChI is InChI=1S/C14H30N2O2/c1-5-16(6-2)9-8-15-14(12-17)7-10-18-13(3,4)11-14/h15,17H,5-12H2,1-4H3. The van der Waals surface area contributed by atoms with Gasteiger partial charge >= 0.3 is 0 Å². The van der Waals surface area contributed by atoms with E-state index in [1.807, 2.05) is 0 Å². The van der Waals surface area contributed by atoms with Gasteiger partial charge in [0.1, 0.15) is 0 Å². The molecule has 1 fully saturated rings. The monoisotopic (exact) mass is 258 g/mol. The van der Waals surface area contributed by atoms with Crippen molar-refractivity contribution in [3.8, 4) is 0 Å². The highest BCUT2D eigenvalue weighted by Gasteiger charge is 2.40. The molecule has 0 spiro atoms. The van der Waals surface area contributed by atoms with Gasteiger partial charge in [-0.25, -0.2) is 0 Å². The molecule has 4 nitrogen and oxygen atoms in total. The number of aliphatic hydroxyl groups is 1. The quantitative estimate of drug-likeness (QED) is 0.721. The molecule has 1 aliphatic heterocycles. The average Bonchev–Trinajstić information content (AvgIpc) is 2.33. The zero-order valence-electron chi connectivity index (χ0n) is 12.5. The van der Waals surface area contributed by atoms with Gasteiger partial charge < -0.3 is 20.1 Å². The minimum atomic E-state index is -0.158. The summed E-state index contributed by atoms with van der Waals surface area (Å²) in [5.41, 5.74) is -0.294. The van der Waals surface area contributed by atoms with Crippen LogP contribution >= 0.6 is 0 Å². The van der Waals surface area contributed by atoms with Gasteiger partial charge in [0.25, 0.3) is 0 Å². The Morgan fingerprint density at radius 2 is 1.94 bits per heavy atom. The second-order valence-corrected chi connectivity index (χ2v) is 5.93. The molecular formula is C14H30N2O2. The third kappa shape index (κ3) is 4.50. The number of ether oxygens (including phenoxy) is 1. The maximum atomic E-state index is 9.72. The van der Waals surface area contributed by atoms with Gasteiger partial charge in [0.15, 0.2) is 0 Å². The van der Waals surface area contributed by atoms with Crippen LogP contribution in [0.3, 0.4) is 0 Å². The van der Waals surface area contributed by atoms with Crippen molar-refractivity contribution in [1.82, 2.24) is 10.2 Å². The van der Waals surface area contributed by atoms with Gasteiger partial charge in [-0.3, -0.25) is 0 Å². The van der Waals surface area contributed by atoms with Crippen molar-refractivity contribution in [1.29, 1.82) is 0 Å². The number of likely N-dealkylation sites (N-methyl/N-ethyl adjacent to an activating group) is 1. The largest absolute Gasteiger partial charge is 0.394 e. The van der Waals surface area contributed by atoms with E-state index in [9.17, 15) is 5.11 Å². The lowest BCUT2D eigenvalue weighted by atomic mass is 9.82. The van der Waals surface area contributed by atoms with E-state index in [0.717, 1.165) is 45.6 Å². The number of nitrogens with one attached hydrogen (secondary N) is 1. The first-order chi connectivity index (χ1) is 8.47. The molecule has 1 rings (SSSR count). The summed E-state index contributed by atoms with van der Waals surface area (Å²) in [5, 5.41) is 13.3. The molecule has 1 saturated heterocycles. The summed E-state index contributed by atoms with van der Waals surface area (Å²) >= 11 is 0. The number of nitrogens with zero attached hydrogens (tertiary/aromatic N) is 1. The number of rotatable bonds is 7. The summed E-state index contributed by atoms with van der Waals surface area (Å²) in [6.45, 7) is 13.6. The highest BCUT2D eigenvalue weighted by Crippen LogP contribution is 2.31. The Labute approximate surface area is 112 Å². The van der Waals surface area contributed by atoms with Crippen molar-refractivity contribution >= 4 is 0 Å². The summed E-state index contributed by atoms with van der Waals surface area (Å²) < 4.78 is 5.73. The lowest BCUT2D eigenvalue weighted by molar-refractivity contribution is -0.0981. The van der Waals surface area contributed by atoms with Crippen molar-refractivity contribution in [2.45, 2.75) is 51.7 Å². The van der Waals surface area contributed by atoms with Gasteiger partial charge in [-0.05, 0) is 39.8 Å². The van der Waals surface area contributed by atoms with Crippen LogP contribution in [0.1, 0.15) is 40.5 Å². The summed E-state index contributed by atoms with van der Waals surface area (Å²) in [4.78, 5) is 2.39. The van der Waals surface area contributed by atoms with Crippen molar-refractivity contribution in [2.75, 3.05) is 39.4 Å². The van der Waals surface area contributed by atoms with Crippen LogP contribution in [-0.4, -0.2) is 60.5 Å². The second kappa shape index (κ2) is 6.85. The Kier molecular flexibility index (Phi) is 6.05. The summed E-state index contributed by atoms with van der Waals surface area (Å²) in [7, 11) is 0. The number of hydrogen-bond donors (Lipinski definition) is 2. The summed E-state index contributed by atoms with van der Waals surface area (Å²) in [5.74, 6) is 0. The molecule has 0 bridgehead atoms. The molecule has 1 heterocycles. The lowest BCUT2D eigenvalue weighted by Crippen LogP contribution is -2.58. The SMILES string of the molecule is CCN(CC)CCNC1(CO)CCOC(C)(C)C1. The van der Waals surface area contributed by atoms with Gasteiger partial charge in [-0.2, -0.15) is 0 Å². The maximum Gasteiger partial charge on any atom is 0.0645 e. The zero-order valence-corrected chi connectivity index (χ0v) is 12.5. The van der Waals surface area contributed by atoms with Gasteiger partial charge in [0.2, 0.25) is 0 Å². The Morgan fingerprint density at radius 3 is 2.44 bits per heavy atom. The third-order valence-electron chi connectivity index (χ3n) is 3.96. The predicted molar refractivity (Wildman–Crippen MR) is 74.9 cm³/mol. The molecule has 0 aromatic carbocycles. The zero-order chi connectivity index (χ0) is 13.6. The Bertz CT molecular complexity index is 242. The first-order valence-electron chi connectivity index (χ1n) is 7.19. The maximum absolute atomic E-state index is 9.72. The fraction of sp³-hybridized carbons (Fsp3) is 1.00. The minimum absolute atomic E-state index is 0.136. The molecule has 0 aromatic rings. The predicted octanol–water partition coefficient (Wildman–Crippen LogP) is 1.24. The van der Waals surface area contributed by atoms with Crippen molar-refractivity contribution in [3.63, 3.8) is 0 Å². The first kappa shape index (κ1) is 15.9. The van der Waals surface area contributed by atoms with E-state index in [0.29, 0.717) is 0 Å². The molecule has 18 heavy (non-hydrogen) atoms. The van der Waals surface area contributed by atoms with Gasteiger partial charge in [0.05, 0.1) is 12.2 Å². The smallest absolute Gasteiger partial charge is 0.0645 e. The highest BCUT2D eigenvalue weighted by atomic mass is 16.5. The highest BCUT2D eigenvalue weighted by molar-refractivity contribution is 4.96. The third-order valence-corrected chi connectivity index (χ3v) is 3.96. The molecule has 1 unspecified atom stereocenters. The van der Waals surface area contributed by atoms with E-state index >= 15 is 0 Å². The van der Waals surface area contributed by atoms with E-state index in [1.165, 1.54) is 0 Å². The molecule has 0 aromatic heterocycles. The van der Waals surface area contributed by atoms with E-state index in [2.05, 4.69) is 37.9 Å². The lowest BCUT2D eigenvalue weighted by Gasteiger charge is -2.44. The van der Waals surface area contributed by atoms with Gasteiger partial charge in [-0.1, -0.05) is 13.8 Å². The molecule has 4 heteroatoms. The van der Waals surface area contributed by atoms with Gasteiger partial charge in [0, 0.05) is 25.2 Å². The Hall–Kier alpha value is -0.160. The van der Waals surface area contributed by atoms with Gasteiger partial charge in [-0.15, -0.1) is 0 Å². The van der Waals surface area contributed by atoms with Crippen LogP contribution in [0.2, 0.25) is 0 Å². The van der Waals surface area contributed by atoms with E-state index in [-0.39, 0.29) is 17.7 Å². The second-order valence-electron chi connectivity index (χ2n) is 5.93. The topological polar surface area (TPSA) is 44.7 Å². The fourth-order valence-corrected chi connectivity index (χ4v) is 2.84. The van der Waals surface area contributed by atoms with Crippen LogP contribution in [0, 0.1) is 0 Å². The van der Waals surface area contributed by atoms with E-state index in [1.54, 1.807) is 0 Å². The normalized spacial score (nSPS) is 27.7. The summed E-state index contributed by atoms with van der Waals surface area (Å²) in [6, 6.07) is 0. The molecule has 0 saturated carbocycles. The van der Waals surface area contributed by atoms with Crippen LogP contribution < -0.4 is 5.32 Å². The molecule has 0 aliphatic carbocycles. The van der Waals surface area contributed by atoms with Crippen LogP contribution in [0.5, 0.6) is 0 Å². The Balaban J connectivity index is 2.45. The van der Waals surface area contributed by atoms with Crippen LogP contribution in [0.4, 0.5) is 0 Å². The molecule has 1 atom stereocenters. The molecule has 2 N–H and O–H groups in total.